The summed E-state index contributed by atoms with van der Waals surface area (Å²) in [6.45, 7) is 6.30. The van der Waals surface area contributed by atoms with Crippen LogP contribution in [-0.2, 0) is 22.7 Å². The summed E-state index contributed by atoms with van der Waals surface area (Å²) in [4.78, 5) is 36.3. The third-order valence-corrected chi connectivity index (χ3v) is 9.01. The Balaban J connectivity index is 1.35. The molecule has 2 amide bonds. The molecule has 2 saturated heterocycles. The van der Waals surface area contributed by atoms with Gasteiger partial charge in [0.2, 0.25) is 0 Å². The highest BCUT2D eigenvalue weighted by Crippen LogP contribution is 2.47. The van der Waals surface area contributed by atoms with Crippen LogP contribution in [0.15, 0.2) is 24.5 Å². The van der Waals surface area contributed by atoms with E-state index >= 15 is 8.78 Å². The van der Waals surface area contributed by atoms with E-state index in [0.717, 1.165) is 0 Å². The number of aromatic nitrogens is 2. The minimum Gasteiger partial charge on any atom is -0.465 e. The fraction of sp³-hybridized carbons (Fsp3) is 0.379. The summed E-state index contributed by atoms with van der Waals surface area (Å²) in [7, 11) is 0. The minimum atomic E-state index is -0.950. The lowest BCUT2D eigenvalue weighted by molar-refractivity contribution is 0.0636. The number of hydrogen-bond donors (Lipinski definition) is 2. The summed E-state index contributed by atoms with van der Waals surface area (Å²) in [5, 5.41) is 13.6. The monoisotopic (exact) mass is 595 g/mol. The first-order chi connectivity index (χ1) is 20.0. The Labute approximate surface area is 242 Å². The van der Waals surface area contributed by atoms with Gasteiger partial charge in [-0.15, -0.1) is 11.3 Å². The zero-order chi connectivity index (χ0) is 29.5. The van der Waals surface area contributed by atoms with Crippen LogP contribution in [0.25, 0.3) is 32.1 Å². The Kier molecular flexibility index (Phi) is 6.03. The Morgan fingerprint density at radius 1 is 1.12 bits per heavy atom. The number of nitrogens with one attached hydrogen (secondary N) is 1. The molecule has 2 aromatic heterocycles. The Hall–Kier alpha value is -4.10. The maximum atomic E-state index is 16.6. The van der Waals surface area contributed by atoms with Gasteiger partial charge in [-0.2, -0.15) is 0 Å². The predicted octanol–water partition coefficient (Wildman–Crippen LogP) is 6.11. The number of hydrogen-bond acceptors (Lipinski definition) is 8. The molecule has 2 N–H and O–H groups in total. The molecule has 13 heteroatoms. The molecule has 0 spiro atoms. The van der Waals surface area contributed by atoms with E-state index in [9.17, 15) is 14.7 Å². The number of nitrogens with zero attached hydrogens (tertiary/aromatic N) is 4. The number of benzene rings is 2. The van der Waals surface area contributed by atoms with Gasteiger partial charge in [-0.3, -0.25) is 5.32 Å². The minimum absolute atomic E-state index is 0.0517. The van der Waals surface area contributed by atoms with Crippen LogP contribution in [0.5, 0.6) is 0 Å². The average molecular weight is 596 g/mol. The summed E-state index contributed by atoms with van der Waals surface area (Å²) in [6, 6.07) is 4.25. The van der Waals surface area contributed by atoms with Crippen LogP contribution in [-0.4, -0.2) is 62.9 Å². The summed E-state index contributed by atoms with van der Waals surface area (Å²) < 4.78 is 44.1. The van der Waals surface area contributed by atoms with E-state index in [-0.39, 0.29) is 41.9 Å². The van der Waals surface area contributed by atoms with Gasteiger partial charge in [-0.1, -0.05) is 0 Å². The SMILES string of the molecule is CC(C)(C)OC(=O)Nc1cc2c(-c3c4c(c5c(N6C[C@H]7C[C@@H]6CN7C(=O)O)ncnc5c3F)COC4)c(F)ccc2s1. The van der Waals surface area contributed by atoms with Crippen molar-refractivity contribution in [3.63, 3.8) is 0 Å². The molecule has 0 radical (unpaired) electrons. The first kappa shape index (κ1) is 26.8. The smallest absolute Gasteiger partial charge is 0.412 e. The van der Waals surface area contributed by atoms with E-state index in [2.05, 4.69) is 15.3 Å². The molecule has 0 saturated carbocycles. The number of likely N-dealkylation sites (tertiary alicyclic amines) is 1. The number of fused-ring (bicyclic) bond motifs is 6. The van der Waals surface area contributed by atoms with E-state index in [0.29, 0.717) is 56.9 Å². The average Bonchev–Trinajstić information content (AvgIpc) is 3.71. The van der Waals surface area contributed by atoms with Crippen LogP contribution >= 0.6 is 11.3 Å². The van der Waals surface area contributed by atoms with Gasteiger partial charge in [0.25, 0.3) is 0 Å². The fourth-order valence-corrected chi connectivity index (χ4v) is 7.35. The van der Waals surface area contributed by atoms with Gasteiger partial charge in [0.15, 0.2) is 5.82 Å². The lowest BCUT2D eigenvalue weighted by Gasteiger charge is -2.34. The van der Waals surface area contributed by atoms with Crippen molar-refractivity contribution in [2.45, 2.75) is 58.1 Å². The first-order valence-electron chi connectivity index (χ1n) is 13.5. The highest BCUT2D eigenvalue weighted by molar-refractivity contribution is 7.23. The van der Waals surface area contributed by atoms with Gasteiger partial charge in [0.1, 0.15) is 29.1 Å². The summed E-state index contributed by atoms with van der Waals surface area (Å²) in [5.41, 5.74) is 0.706. The van der Waals surface area contributed by atoms with Gasteiger partial charge in [0, 0.05) is 34.3 Å². The third kappa shape index (κ3) is 4.21. The molecule has 2 aromatic carbocycles. The molecule has 3 aliphatic rings. The van der Waals surface area contributed by atoms with E-state index in [1.807, 2.05) is 4.90 Å². The molecule has 3 aliphatic heterocycles. The van der Waals surface area contributed by atoms with E-state index in [1.54, 1.807) is 32.9 Å². The van der Waals surface area contributed by atoms with E-state index in [4.69, 9.17) is 9.47 Å². The number of piperazine rings is 1. The van der Waals surface area contributed by atoms with Crippen LogP contribution in [0.3, 0.4) is 0 Å². The highest BCUT2D eigenvalue weighted by atomic mass is 32.1. The molecular formula is C29H27F2N5O5S. The Morgan fingerprint density at radius 3 is 2.62 bits per heavy atom. The molecule has 4 aromatic rings. The quantitative estimate of drug-likeness (QED) is 0.292. The first-order valence-corrected chi connectivity index (χ1v) is 14.4. The number of carbonyl (C=O) groups is 2. The van der Waals surface area contributed by atoms with Crippen molar-refractivity contribution in [3.05, 3.63) is 47.3 Å². The van der Waals surface area contributed by atoms with Gasteiger partial charge < -0.3 is 24.4 Å². The second kappa shape index (κ2) is 9.46. The van der Waals surface area contributed by atoms with E-state index < -0.39 is 29.4 Å². The fourth-order valence-electron chi connectivity index (χ4n) is 6.39. The van der Waals surface area contributed by atoms with Crippen LogP contribution in [0.2, 0.25) is 0 Å². The van der Waals surface area contributed by atoms with Crippen molar-refractivity contribution < 1.29 is 33.0 Å². The van der Waals surface area contributed by atoms with Crippen LogP contribution in [0.4, 0.5) is 29.2 Å². The molecule has 7 rings (SSSR count). The van der Waals surface area contributed by atoms with Crippen molar-refractivity contribution in [1.82, 2.24) is 14.9 Å². The van der Waals surface area contributed by atoms with Crippen molar-refractivity contribution in [2.24, 2.45) is 0 Å². The summed E-state index contributed by atoms with van der Waals surface area (Å²) >= 11 is 1.23. The number of anilines is 2. The predicted molar refractivity (Wildman–Crippen MR) is 153 cm³/mol. The lowest BCUT2D eigenvalue weighted by Crippen LogP contribution is -2.48. The second-order valence-corrected chi connectivity index (χ2v) is 12.8. The molecule has 5 heterocycles. The van der Waals surface area contributed by atoms with Crippen molar-refractivity contribution in [1.29, 1.82) is 0 Å². The molecule has 42 heavy (non-hydrogen) atoms. The Bertz CT molecular complexity index is 1810. The number of rotatable bonds is 3. The standard InChI is InChI=1S/C29H27F2N5O5S/c1-29(2,3)41-27(37)34-20-7-15-19(42-20)5-4-18(30)21(15)22-16-10-40-11-17(16)23-25(24(22)31)32-12-33-26(23)35-8-14-6-13(35)9-36(14)28(38)39/h4-5,7,12-14H,6,8-11H2,1-3H3,(H,34,37)(H,38,39)/t13-,14-/m1/s1. The third-order valence-electron chi connectivity index (χ3n) is 8.00. The maximum absolute atomic E-state index is 16.6. The summed E-state index contributed by atoms with van der Waals surface area (Å²) in [5.74, 6) is -0.771. The second-order valence-electron chi connectivity index (χ2n) is 11.8. The number of carboxylic acid groups (broad SMARTS) is 1. The number of thiophene rings is 1. The maximum Gasteiger partial charge on any atom is 0.412 e. The molecule has 0 unspecified atom stereocenters. The molecule has 218 valence electrons. The molecule has 2 atom stereocenters. The zero-order valence-electron chi connectivity index (χ0n) is 23.0. The molecule has 2 bridgehead atoms. The molecule has 2 fully saturated rings. The molecular weight excluding hydrogens is 568 g/mol. The van der Waals surface area contributed by atoms with Crippen molar-refractivity contribution in [3.8, 4) is 11.1 Å². The van der Waals surface area contributed by atoms with Crippen LogP contribution < -0.4 is 10.2 Å². The molecule has 10 nitrogen and oxygen atoms in total. The topological polar surface area (TPSA) is 117 Å². The highest BCUT2D eigenvalue weighted by Gasteiger charge is 2.47. The normalized spacial score (nSPS) is 19.6. The van der Waals surface area contributed by atoms with Gasteiger partial charge in [-0.05, 0) is 56.5 Å². The Morgan fingerprint density at radius 2 is 1.90 bits per heavy atom. The summed E-state index contributed by atoms with van der Waals surface area (Å²) in [6.07, 6.45) is 0.363. The van der Waals surface area contributed by atoms with E-state index in [1.165, 1.54) is 28.6 Å². The van der Waals surface area contributed by atoms with Gasteiger partial charge in [-0.25, -0.2) is 28.3 Å². The van der Waals surface area contributed by atoms with Gasteiger partial charge in [0.05, 0.1) is 35.7 Å². The van der Waals surface area contributed by atoms with Gasteiger partial charge >= 0.3 is 12.2 Å². The zero-order valence-corrected chi connectivity index (χ0v) is 23.8. The van der Waals surface area contributed by atoms with Crippen molar-refractivity contribution in [2.75, 3.05) is 23.3 Å². The number of carbonyl (C=O) groups excluding carboxylic acids is 1. The van der Waals surface area contributed by atoms with Crippen molar-refractivity contribution >= 4 is 55.3 Å². The molecule has 0 aliphatic carbocycles. The largest absolute Gasteiger partial charge is 0.465 e. The van der Waals surface area contributed by atoms with Crippen LogP contribution in [0.1, 0.15) is 38.3 Å². The lowest BCUT2D eigenvalue weighted by atomic mass is 9.91. The van der Waals surface area contributed by atoms with Crippen LogP contribution in [0, 0.1) is 11.6 Å². The number of ether oxygens (including phenoxy) is 2. The number of amides is 2. The number of halogens is 2.